The number of carboxylic acids is 1. The number of aliphatic carboxylic acids is 1. The molecule has 1 saturated heterocycles. The number of aromatic nitrogens is 2. The van der Waals surface area contributed by atoms with E-state index in [0.717, 1.165) is 25.0 Å². The van der Waals surface area contributed by atoms with Crippen LogP contribution in [0.15, 0.2) is 6.20 Å². The van der Waals surface area contributed by atoms with Gasteiger partial charge >= 0.3 is 5.97 Å². The molecule has 0 bridgehead atoms. The van der Waals surface area contributed by atoms with Gasteiger partial charge in [0.05, 0.1) is 11.8 Å². The van der Waals surface area contributed by atoms with E-state index in [1.165, 1.54) is 0 Å². The summed E-state index contributed by atoms with van der Waals surface area (Å²) in [4.78, 5) is 26.1. The molecule has 1 saturated carbocycles. The normalized spacial score (nSPS) is 27.5. The number of amides is 1. The highest BCUT2D eigenvalue weighted by Gasteiger charge is 2.49. The fraction of sp³-hybridized carbons (Fsp3) is 0.688. The van der Waals surface area contributed by atoms with Crippen molar-refractivity contribution in [3.05, 3.63) is 17.5 Å². The van der Waals surface area contributed by atoms with Crippen LogP contribution >= 0.6 is 0 Å². The summed E-state index contributed by atoms with van der Waals surface area (Å²) in [5.74, 6) is -0.616. The van der Waals surface area contributed by atoms with E-state index in [-0.39, 0.29) is 17.9 Å². The molecule has 2 aliphatic rings. The first-order valence-electron chi connectivity index (χ1n) is 7.99. The van der Waals surface area contributed by atoms with Crippen LogP contribution in [0.4, 0.5) is 0 Å². The van der Waals surface area contributed by atoms with Gasteiger partial charge in [0.15, 0.2) is 0 Å². The lowest BCUT2D eigenvalue weighted by atomic mass is 9.94. The summed E-state index contributed by atoms with van der Waals surface area (Å²) in [7, 11) is 0. The lowest BCUT2D eigenvalue weighted by Crippen LogP contribution is -2.43. The molecule has 1 aromatic heterocycles. The zero-order chi connectivity index (χ0) is 16.0. The lowest BCUT2D eigenvalue weighted by Gasteiger charge is -2.24. The number of carboxylic acid groups (broad SMARTS) is 1. The minimum atomic E-state index is -0.878. The van der Waals surface area contributed by atoms with Crippen molar-refractivity contribution in [2.45, 2.75) is 52.1 Å². The molecule has 0 aromatic carbocycles. The van der Waals surface area contributed by atoms with Crippen LogP contribution < -0.4 is 0 Å². The number of fused-ring (bicyclic) bond motifs is 1. The molecule has 1 amide bonds. The topological polar surface area (TPSA) is 75.4 Å². The van der Waals surface area contributed by atoms with Crippen LogP contribution in [0.3, 0.4) is 0 Å². The van der Waals surface area contributed by atoms with E-state index in [9.17, 15) is 14.7 Å². The molecular formula is C16H23N3O3. The van der Waals surface area contributed by atoms with Gasteiger partial charge in [-0.1, -0.05) is 6.42 Å². The van der Waals surface area contributed by atoms with E-state index >= 15 is 0 Å². The zero-order valence-corrected chi connectivity index (χ0v) is 13.3. The number of carbonyl (C=O) groups is 2. The van der Waals surface area contributed by atoms with Crippen LogP contribution in [0.1, 0.15) is 55.2 Å². The molecule has 0 spiro atoms. The smallest absolute Gasteiger partial charge is 0.326 e. The number of hydrogen-bond donors (Lipinski definition) is 1. The molecule has 0 radical (unpaired) electrons. The van der Waals surface area contributed by atoms with E-state index < -0.39 is 12.0 Å². The molecule has 1 aliphatic heterocycles. The number of rotatable bonds is 3. The molecule has 6 nitrogen and oxygen atoms in total. The van der Waals surface area contributed by atoms with Crippen molar-refractivity contribution in [1.29, 1.82) is 0 Å². The van der Waals surface area contributed by atoms with Crippen LogP contribution in [0.5, 0.6) is 0 Å². The van der Waals surface area contributed by atoms with Gasteiger partial charge in [0.25, 0.3) is 5.91 Å². The highest BCUT2D eigenvalue weighted by atomic mass is 16.4. The molecule has 1 aliphatic carbocycles. The van der Waals surface area contributed by atoms with Crippen molar-refractivity contribution in [2.24, 2.45) is 11.8 Å². The minimum Gasteiger partial charge on any atom is -0.480 e. The van der Waals surface area contributed by atoms with E-state index in [4.69, 9.17) is 0 Å². The highest BCUT2D eigenvalue weighted by molar-refractivity contribution is 5.97. The fourth-order valence-electron chi connectivity index (χ4n) is 4.14. The van der Waals surface area contributed by atoms with Crippen LogP contribution in [-0.4, -0.2) is 44.3 Å². The fourth-order valence-corrected chi connectivity index (χ4v) is 4.14. The Morgan fingerprint density at radius 3 is 2.68 bits per heavy atom. The van der Waals surface area contributed by atoms with Crippen LogP contribution in [0, 0.1) is 18.8 Å². The second kappa shape index (κ2) is 5.41. The third-order valence-electron chi connectivity index (χ3n) is 5.17. The van der Waals surface area contributed by atoms with Crippen molar-refractivity contribution >= 4 is 11.9 Å². The number of hydrogen-bond acceptors (Lipinski definition) is 3. The maximum absolute atomic E-state index is 12.9. The molecule has 1 aromatic rings. The molecule has 3 rings (SSSR count). The van der Waals surface area contributed by atoms with Gasteiger partial charge in [-0.2, -0.15) is 5.10 Å². The van der Waals surface area contributed by atoms with Crippen LogP contribution in [0.2, 0.25) is 0 Å². The van der Waals surface area contributed by atoms with E-state index in [1.54, 1.807) is 15.8 Å². The predicted octanol–water partition coefficient (Wildman–Crippen LogP) is 2.10. The molecular weight excluding hydrogens is 282 g/mol. The van der Waals surface area contributed by atoms with Gasteiger partial charge in [-0.05, 0) is 45.4 Å². The number of nitrogens with zero attached hydrogens (tertiary/aromatic N) is 3. The van der Waals surface area contributed by atoms with Crippen LogP contribution in [0.25, 0.3) is 0 Å². The Morgan fingerprint density at radius 2 is 2.09 bits per heavy atom. The Bertz CT molecular complexity index is 608. The quantitative estimate of drug-likeness (QED) is 0.928. The van der Waals surface area contributed by atoms with Gasteiger partial charge in [-0.3, -0.25) is 9.48 Å². The Balaban J connectivity index is 1.90. The van der Waals surface area contributed by atoms with Gasteiger partial charge in [0.2, 0.25) is 0 Å². The second-order valence-electron chi connectivity index (χ2n) is 6.78. The largest absolute Gasteiger partial charge is 0.480 e. The van der Waals surface area contributed by atoms with E-state index in [2.05, 4.69) is 5.10 Å². The van der Waals surface area contributed by atoms with Crippen molar-refractivity contribution < 1.29 is 14.7 Å². The summed E-state index contributed by atoms with van der Waals surface area (Å²) in [5.41, 5.74) is 1.33. The summed E-state index contributed by atoms with van der Waals surface area (Å²) in [6.45, 7) is 6.45. The van der Waals surface area contributed by atoms with Gasteiger partial charge < -0.3 is 10.0 Å². The first kappa shape index (κ1) is 15.1. The van der Waals surface area contributed by atoms with E-state index in [0.29, 0.717) is 18.0 Å². The zero-order valence-electron chi connectivity index (χ0n) is 13.3. The first-order chi connectivity index (χ1) is 10.4. The summed E-state index contributed by atoms with van der Waals surface area (Å²) in [6.07, 6.45) is 4.59. The molecule has 22 heavy (non-hydrogen) atoms. The summed E-state index contributed by atoms with van der Waals surface area (Å²) in [5, 5.41) is 13.8. The van der Waals surface area contributed by atoms with Crippen molar-refractivity contribution in [3.8, 4) is 0 Å². The lowest BCUT2D eigenvalue weighted by molar-refractivity contribution is -0.142. The third-order valence-corrected chi connectivity index (χ3v) is 5.17. The maximum atomic E-state index is 12.9. The van der Waals surface area contributed by atoms with Crippen molar-refractivity contribution in [3.63, 3.8) is 0 Å². The number of likely N-dealkylation sites (tertiary alicyclic amines) is 1. The van der Waals surface area contributed by atoms with Gasteiger partial charge in [-0.25, -0.2) is 4.79 Å². The molecule has 2 heterocycles. The summed E-state index contributed by atoms with van der Waals surface area (Å²) < 4.78 is 1.81. The standard InChI is InChI=1S/C16H23N3O3/c1-9(2)19-10(3)13(7-17-19)15(20)18-8-11-5-4-6-12(11)14(18)16(21)22/h7,9,11-12,14H,4-6,8H2,1-3H3,(H,21,22)/t11-,12+,14-/m0/s1. The Hall–Kier alpha value is -1.85. The average Bonchev–Trinajstić information content (AvgIpc) is 3.09. The Morgan fingerprint density at radius 1 is 1.36 bits per heavy atom. The molecule has 0 unspecified atom stereocenters. The first-order valence-corrected chi connectivity index (χ1v) is 7.99. The Kier molecular flexibility index (Phi) is 3.70. The number of carbonyl (C=O) groups excluding carboxylic acids is 1. The van der Waals surface area contributed by atoms with Gasteiger partial charge in [-0.15, -0.1) is 0 Å². The summed E-state index contributed by atoms with van der Waals surface area (Å²) in [6, 6.07) is -0.503. The van der Waals surface area contributed by atoms with Crippen LogP contribution in [-0.2, 0) is 4.79 Å². The SMILES string of the molecule is Cc1c(C(=O)N2C[C@@H]3CCC[C@H]3[C@H]2C(=O)O)cnn1C(C)C. The average molecular weight is 305 g/mol. The molecule has 3 atom stereocenters. The van der Waals surface area contributed by atoms with E-state index in [1.807, 2.05) is 20.8 Å². The summed E-state index contributed by atoms with van der Waals surface area (Å²) >= 11 is 0. The minimum absolute atomic E-state index is 0.113. The maximum Gasteiger partial charge on any atom is 0.326 e. The van der Waals surface area contributed by atoms with Gasteiger partial charge in [0, 0.05) is 18.3 Å². The molecule has 1 N–H and O–H groups in total. The second-order valence-corrected chi connectivity index (χ2v) is 6.78. The predicted molar refractivity (Wildman–Crippen MR) is 80.6 cm³/mol. The van der Waals surface area contributed by atoms with Crippen molar-refractivity contribution in [1.82, 2.24) is 14.7 Å². The van der Waals surface area contributed by atoms with Crippen molar-refractivity contribution in [2.75, 3.05) is 6.54 Å². The molecule has 120 valence electrons. The Labute approximate surface area is 130 Å². The molecule has 6 heteroatoms. The van der Waals surface area contributed by atoms with Gasteiger partial charge in [0.1, 0.15) is 6.04 Å². The molecule has 2 fully saturated rings. The third kappa shape index (κ3) is 2.21. The highest BCUT2D eigenvalue weighted by Crippen LogP contribution is 2.42. The monoisotopic (exact) mass is 305 g/mol.